The molecular weight excluding hydrogens is 367 g/mol. The zero-order chi connectivity index (χ0) is 20.3. The van der Waals surface area contributed by atoms with E-state index in [1.807, 2.05) is 6.07 Å². The van der Waals surface area contributed by atoms with Gasteiger partial charge in [0.2, 0.25) is 5.91 Å². The molecule has 1 aromatic heterocycles. The van der Waals surface area contributed by atoms with Crippen molar-refractivity contribution in [3.05, 3.63) is 59.5 Å². The van der Waals surface area contributed by atoms with E-state index in [2.05, 4.69) is 10.3 Å². The Bertz CT molecular complexity index is 867. The zero-order valence-corrected chi connectivity index (χ0v) is 16.6. The van der Waals surface area contributed by atoms with Gasteiger partial charge < -0.3 is 5.32 Å². The smallest absolute Gasteiger partial charge is 0.228 e. The van der Waals surface area contributed by atoms with Crippen molar-refractivity contribution in [1.82, 2.24) is 4.98 Å². The van der Waals surface area contributed by atoms with E-state index in [0.717, 1.165) is 56.1 Å². The maximum absolute atomic E-state index is 13.1. The summed E-state index contributed by atoms with van der Waals surface area (Å²) >= 11 is 0. The summed E-state index contributed by atoms with van der Waals surface area (Å²) in [6, 6.07) is 9.85. The highest BCUT2D eigenvalue weighted by Crippen LogP contribution is 2.45. The van der Waals surface area contributed by atoms with Crippen LogP contribution in [0.3, 0.4) is 0 Å². The minimum atomic E-state index is -0.507. The number of carbonyl (C=O) groups excluding carboxylic acids is 2. The first kappa shape index (κ1) is 19.7. The summed E-state index contributed by atoms with van der Waals surface area (Å²) in [6.45, 7) is 0. The molecule has 1 amide bonds. The lowest BCUT2D eigenvalue weighted by molar-refractivity contribution is -0.127. The van der Waals surface area contributed by atoms with E-state index in [0.29, 0.717) is 12.2 Å². The third-order valence-electron chi connectivity index (χ3n) is 6.56. The molecule has 0 spiro atoms. The van der Waals surface area contributed by atoms with Crippen molar-refractivity contribution in [2.24, 2.45) is 5.92 Å². The third-order valence-corrected chi connectivity index (χ3v) is 6.56. The highest BCUT2D eigenvalue weighted by Gasteiger charge is 2.45. The van der Waals surface area contributed by atoms with Gasteiger partial charge in [0.25, 0.3) is 0 Å². The topological polar surface area (TPSA) is 59.1 Å². The molecule has 1 N–H and O–H groups in total. The number of aromatic nitrogens is 1. The number of ketones is 1. The first-order chi connectivity index (χ1) is 14.1. The highest BCUT2D eigenvalue weighted by molar-refractivity contribution is 5.93. The first-order valence-electron chi connectivity index (χ1n) is 10.6. The molecule has 2 fully saturated rings. The number of carbonyl (C=O) groups is 2. The van der Waals surface area contributed by atoms with Crippen LogP contribution in [0.5, 0.6) is 0 Å². The molecular formula is C24H27FN2O2. The van der Waals surface area contributed by atoms with E-state index in [4.69, 9.17) is 0 Å². The van der Waals surface area contributed by atoms with Gasteiger partial charge in [-0.15, -0.1) is 0 Å². The summed E-state index contributed by atoms with van der Waals surface area (Å²) in [5.74, 6) is 0.534. The van der Waals surface area contributed by atoms with Gasteiger partial charge in [-0.1, -0.05) is 43.9 Å². The molecule has 0 aliphatic heterocycles. The first-order valence-corrected chi connectivity index (χ1v) is 10.6. The van der Waals surface area contributed by atoms with Gasteiger partial charge in [-0.25, -0.2) is 9.37 Å². The second kappa shape index (κ2) is 8.44. The van der Waals surface area contributed by atoms with Gasteiger partial charge >= 0.3 is 0 Å². The Morgan fingerprint density at radius 1 is 1.00 bits per heavy atom. The molecule has 29 heavy (non-hydrogen) atoms. The number of anilines is 1. The summed E-state index contributed by atoms with van der Waals surface area (Å²) in [5, 5.41) is 2.93. The molecule has 0 bridgehead atoms. The molecule has 0 unspecified atom stereocenters. The number of nitrogens with zero attached hydrogens (tertiary/aromatic N) is 1. The Morgan fingerprint density at radius 2 is 1.72 bits per heavy atom. The van der Waals surface area contributed by atoms with E-state index >= 15 is 0 Å². The number of halogens is 1. The maximum atomic E-state index is 13.1. The standard InChI is InChI=1S/C24H27FN2O2/c25-20-10-7-17(8-11-20)15-21(28)24(13-4-14-24)19-9-12-22(26-16-19)27-23(29)18-5-2-1-3-6-18/h7-12,16,18H,1-6,13-15H2,(H,26,27,29). The Hall–Kier alpha value is -2.56. The van der Waals surface area contributed by atoms with E-state index in [-0.39, 0.29) is 23.4 Å². The van der Waals surface area contributed by atoms with Crippen LogP contribution < -0.4 is 5.32 Å². The van der Waals surface area contributed by atoms with Gasteiger partial charge in [-0.3, -0.25) is 9.59 Å². The fraction of sp³-hybridized carbons (Fsp3) is 0.458. The second-order valence-corrected chi connectivity index (χ2v) is 8.42. The molecule has 0 radical (unpaired) electrons. The normalized spacial score (nSPS) is 18.7. The Morgan fingerprint density at radius 3 is 2.31 bits per heavy atom. The Kier molecular flexibility index (Phi) is 5.74. The molecule has 0 saturated heterocycles. The Balaban J connectivity index is 1.44. The van der Waals surface area contributed by atoms with Crippen LogP contribution in [0.15, 0.2) is 42.6 Å². The minimum absolute atomic E-state index is 0.0516. The van der Waals surface area contributed by atoms with Crippen molar-refractivity contribution in [2.75, 3.05) is 5.32 Å². The van der Waals surface area contributed by atoms with E-state index < -0.39 is 5.41 Å². The maximum Gasteiger partial charge on any atom is 0.228 e. The van der Waals surface area contributed by atoms with Crippen LogP contribution in [0, 0.1) is 11.7 Å². The minimum Gasteiger partial charge on any atom is -0.310 e. The molecule has 4 rings (SSSR count). The van der Waals surface area contributed by atoms with E-state index in [9.17, 15) is 14.0 Å². The van der Waals surface area contributed by atoms with Crippen molar-refractivity contribution in [3.63, 3.8) is 0 Å². The van der Waals surface area contributed by atoms with Gasteiger partial charge in [0.1, 0.15) is 17.4 Å². The lowest BCUT2D eigenvalue weighted by Crippen LogP contribution is -2.43. The van der Waals surface area contributed by atoms with Crippen LogP contribution in [0.4, 0.5) is 10.2 Å². The SMILES string of the molecule is O=C(Nc1ccc(C2(C(=O)Cc3ccc(F)cc3)CCC2)cn1)C1CCCCC1. The van der Waals surface area contributed by atoms with Crippen molar-refractivity contribution in [2.45, 2.75) is 63.2 Å². The van der Waals surface area contributed by atoms with Crippen molar-refractivity contribution in [3.8, 4) is 0 Å². The number of amides is 1. The number of rotatable bonds is 6. The van der Waals surface area contributed by atoms with E-state index in [1.165, 1.54) is 18.6 Å². The second-order valence-electron chi connectivity index (χ2n) is 8.42. The number of hydrogen-bond acceptors (Lipinski definition) is 3. The summed E-state index contributed by atoms with van der Waals surface area (Å²) in [4.78, 5) is 29.9. The predicted octanol–water partition coefficient (Wildman–Crippen LogP) is 4.97. The molecule has 2 aromatic rings. The molecule has 2 aliphatic carbocycles. The lowest BCUT2D eigenvalue weighted by atomic mass is 9.61. The Labute approximate surface area is 170 Å². The fourth-order valence-electron chi connectivity index (χ4n) is 4.56. The van der Waals surface area contributed by atoms with Crippen molar-refractivity contribution < 1.29 is 14.0 Å². The molecule has 2 aliphatic rings. The average Bonchev–Trinajstić information content (AvgIpc) is 2.71. The number of pyridine rings is 1. The van der Waals surface area contributed by atoms with Crippen molar-refractivity contribution >= 4 is 17.5 Å². The van der Waals surface area contributed by atoms with E-state index in [1.54, 1.807) is 24.4 Å². The molecule has 152 valence electrons. The average molecular weight is 394 g/mol. The van der Waals surface area contributed by atoms with Crippen LogP contribution >= 0.6 is 0 Å². The van der Waals surface area contributed by atoms with Gasteiger partial charge in [0.15, 0.2) is 0 Å². The van der Waals surface area contributed by atoms with Crippen LogP contribution in [-0.4, -0.2) is 16.7 Å². The highest BCUT2D eigenvalue weighted by atomic mass is 19.1. The zero-order valence-electron chi connectivity index (χ0n) is 16.6. The summed E-state index contributed by atoms with van der Waals surface area (Å²) < 4.78 is 13.1. The largest absolute Gasteiger partial charge is 0.310 e. The summed E-state index contributed by atoms with van der Waals surface area (Å²) in [5.41, 5.74) is 1.23. The van der Waals surface area contributed by atoms with Crippen LogP contribution in [0.25, 0.3) is 0 Å². The monoisotopic (exact) mass is 394 g/mol. The van der Waals surface area contributed by atoms with Crippen LogP contribution in [-0.2, 0) is 21.4 Å². The fourth-order valence-corrected chi connectivity index (χ4v) is 4.56. The van der Waals surface area contributed by atoms with Crippen LogP contribution in [0.1, 0.15) is 62.5 Å². The molecule has 2 saturated carbocycles. The van der Waals surface area contributed by atoms with Gasteiger partial charge in [0, 0.05) is 18.5 Å². The van der Waals surface area contributed by atoms with Gasteiger partial charge in [-0.05, 0) is 55.0 Å². The number of nitrogens with one attached hydrogen (secondary N) is 1. The van der Waals surface area contributed by atoms with Gasteiger partial charge in [-0.2, -0.15) is 0 Å². The summed E-state index contributed by atoms with van der Waals surface area (Å²) in [7, 11) is 0. The summed E-state index contributed by atoms with van der Waals surface area (Å²) in [6.07, 6.45) is 9.99. The number of benzene rings is 1. The quantitative estimate of drug-likeness (QED) is 0.752. The molecule has 1 aromatic carbocycles. The number of hydrogen-bond donors (Lipinski definition) is 1. The number of Topliss-reactive ketones (excluding diaryl/α,β-unsaturated/α-hetero) is 1. The predicted molar refractivity (Wildman–Crippen MR) is 110 cm³/mol. The lowest BCUT2D eigenvalue weighted by Gasteiger charge is -2.40. The van der Waals surface area contributed by atoms with Gasteiger partial charge in [0.05, 0.1) is 5.41 Å². The molecule has 0 atom stereocenters. The van der Waals surface area contributed by atoms with Crippen LogP contribution in [0.2, 0.25) is 0 Å². The molecule has 1 heterocycles. The van der Waals surface area contributed by atoms with Crippen molar-refractivity contribution in [1.29, 1.82) is 0 Å². The third kappa shape index (κ3) is 4.24. The molecule has 5 heteroatoms. The molecule has 4 nitrogen and oxygen atoms in total.